The number of amides is 1. The van der Waals surface area contributed by atoms with E-state index in [1.54, 1.807) is 0 Å². The molecule has 0 saturated carbocycles. The van der Waals surface area contributed by atoms with E-state index in [9.17, 15) is 4.79 Å². The Morgan fingerprint density at radius 2 is 1.73 bits per heavy atom. The number of hydrogen-bond donors (Lipinski definition) is 1. The quantitative estimate of drug-likeness (QED) is 0.882. The maximum absolute atomic E-state index is 12.8. The third-order valence-corrected chi connectivity index (χ3v) is 5.58. The van der Waals surface area contributed by atoms with Gasteiger partial charge in [-0.3, -0.25) is 9.69 Å². The molecule has 3 aliphatic rings. The molecule has 22 heavy (non-hydrogen) atoms. The number of carbonyl (C=O) groups is 1. The van der Waals surface area contributed by atoms with Crippen LogP contribution in [0.25, 0.3) is 0 Å². The minimum atomic E-state index is 0.178. The third-order valence-electron chi connectivity index (χ3n) is 5.58. The van der Waals surface area contributed by atoms with E-state index in [1.807, 2.05) is 0 Å². The number of carbonyl (C=O) groups excluding carboxylic acids is 1. The van der Waals surface area contributed by atoms with E-state index in [2.05, 4.69) is 39.4 Å². The van der Waals surface area contributed by atoms with Crippen molar-refractivity contribution in [2.24, 2.45) is 5.92 Å². The van der Waals surface area contributed by atoms with E-state index in [-0.39, 0.29) is 5.92 Å². The highest BCUT2D eigenvalue weighted by Gasteiger charge is 2.33. The first-order valence-corrected chi connectivity index (χ1v) is 8.61. The van der Waals surface area contributed by atoms with Crippen LogP contribution in [-0.4, -0.2) is 61.0 Å². The summed E-state index contributed by atoms with van der Waals surface area (Å²) in [5, 5.41) is 3.44. The second-order valence-electron chi connectivity index (χ2n) is 6.88. The van der Waals surface area contributed by atoms with Gasteiger partial charge in [-0.2, -0.15) is 0 Å². The van der Waals surface area contributed by atoms with Crippen molar-refractivity contribution in [2.45, 2.75) is 25.3 Å². The van der Waals surface area contributed by atoms with Crippen LogP contribution in [-0.2, 0) is 17.6 Å². The van der Waals surface area contributed by atoms with Crippen LogP contribution in [0.3, 0.4) is 0 Å². The molecule has 0 spiro atoms. The highest BCUT2D eigenvalue weighted by Crippen LogP contribution is 2.28. The highest BCUT2D eigenvalue weighted by atomic mass is 16.2. The second kappa shape index (κ2) is 6.01. The van der Waals surface area contributed by atoms with Gasteiger partial charge in [0.2, 0.25) is 5.91 Å². The molecule has 2 saturated heterocycles. The Morgan fingerprint density at radius 3 is 2.32 bits per heavy atom. The molecular formula is C18H25N3O. The zero-order valence-electron chi connectivity index (χ0n) is 13.1. The molecule has 2 heterocycles. The molecule has 1 aliphatic carbocycles. The van der Waals surface area contributed by atoms with Gasteiger partial charge in [0, 0.05) is 44.7 Å². The van der Waals surface area contributed by atoms with Gasteiger partial charge in [-0.1, -0.05) is 24.3 Å². The van der Waals surface area contributed by atoms with Crippen LogP contribution in [0.2, 0.25) is 0 Å². The number of piperazine rings is 1. The monoisotopic (exact) mass is 299 g/mol. The SMILES string of the molecule is O=C(C1Cc2ccccc2C1)N1CCN([C@@H]2CCNC2)CC1. The molecule has 4 heteroatoms. The molecule has 4 rings (SSSR count). The molecule has 0 unspecified atom stereocenters. The van der Waals surface area contributed by atoms with Gasteiger partial charge in [0.15, 0.2) is 0 Å². The fourth-order valence-corrected chi connectivity index (χ4v) is 4.25. The zero-order valence-corrected chi connectivity index (χ0v) is 13.1. The van der Waals surface area contributed by atoms with Crippen molar-refractivity contribution in [3.8, 4) is 0 Å². The molecule has 2 aliphatic heterocycles. The average Bonchev–Trinajstić information content (AvgIpc) is 3.23. The lowest BCUT2D eigenvalue weighted by atomic mass is 10.0. The summed E-state index contributed by atoms with van der Waals surface area (Å²) in [6.45, 7) is 6.15. The molecule has 1 aromatic rings. The van der Waals surface area contributed by atoms with Crippen molar-refractivity contribution in [2.75, 3.05) is 39.3 Å². The number of hydrogen-bond acceptors (Lipinski definition) is 3. The summed E-state index contributed by atoms with van der Waals surface area (Å²) in [7, 11) is 0. The van der Waals surface area contributed by atoms with Crippen LogP contribution in [0.4, 0.5) is 0 Å². The summed E-state index contributed by atoms with van der Waals surface area (Å²) in [6.07, 6.45) is 3.12. The standard InChI is InChI=1S/C18H25N3O/c22-18(16-11-14-3-1-2-4-15(14)12-16)21-9-7-20(8-10-21)17-5-6-19-13-17/h1-4,16-17,19H,5-13H2/t17-/m1/s1. The number of rotatable bonds is 2. The maximum atomic E-state index is 12.8. The van der Waals surface area contributed by atoms with Crippen LogP contribution in [0.1, 0.15) is 17.5 Å². The Balaban J connectivity index is 1.33. The van der Waals surface area contributed by atoms with Crippen molar-refractivity contribution in [3.05, 3.63) is 35.4 Å². The van der Waals surface area contributed by atoms with Crippen LogP contribution in [0.15, 0.2) is 24.3 Å². The van der Waals surface area contributed by atoms with Gasteiger partial charge < -0.3 is 10.2 Å². The second-order valence-corrected chi connectivity index (χ2v) is 6.88. The molecule has 118 valence electrons. The number of nitrogens with zero attached hydrogens (tertiary/aromatic N) is 2. The predicted molar refractivity (Wildman–Crippen MR) is 86.8 cm³/mol. The molecule has 0 radical (unpaired) electrons. The lowest BCUT2D eigenvalue weighted by molar-refractivity contribution is -0.137. The Labute approximate surface area is 132 Å². The van der Waals surface area contributed by atoms with Crippen molar-refractivity contribution >= 4 is 5.91 Å². The highest BCUT2D eigenvalue weighted by molar-refractivity contribution is 5.80. The molecule has 1 atom stereocenters. The van der Waals surface area contributed by atoms with Gasteiger partial charge in [0.25, 0.3) is 0 Å². The lowest BCUT2D eigenvalue weighted by Crippen LogP contribution is -2.53. The predicted octanol–water partition coefficient (Wildman–Crippen LogP) is 0.908. The minimum absolute atomic E-state index is 0.178. The number of fused-ring (bicyclic) bond motifs is 1. The molecule has 0 aromatic heterocycles. The first-order chi connectivity index (χ1) is 10.8. The van der Waals surface area contributed by atoms with Gasteiger partial charge in [-0.15, -0.1) is 0 Å². The van der Waals surface area contributed by atoms with E-state index >= 15 is 0 Å². The summed E-state index contributed by atoms with van der Waals surface area (Å²) in [4.78, 5) is 17.5. The molecule has 1 amide bonds. The minimum Gasteiger partial charge on any atom is -0.340 e. The molecule has 1 aromatic carbocycles. The zero-order chi connectivity index (χ0) is 14.9. The fourth-order valence-electron chi connectivity index (χ4n) is 4.25. The number of nitrogens with one attached hydrogen (secondary N) is 1. The van der Waals surface area contributed by atoms with E-state index < -0.39 is 0 Å². The van der Waals surface area contributed by atoms with Crippen molar-refractivity contribution in [1.29, 1.82) is 0 Å². The topological polar surface area (TPSA) is 35.6 Å². The normalized spacial score (nSPS) is 26.4. The summed E-state index contributed by atoms with van der Waals surface area (Å²) in [5.41, 5.74) is 2.74. The van der Waals surface area contributed by atoms with Crippen LogP contribution in [0.5, 0.6) is 0 Å². The Morgan fingerprint density at radius 1 is 1.05 bits per heavy atom. The Hall–Kier alpha value is -1.39. The molecule has 1 N–H and O–H groups in total. The molecule has 4 nitrogen and oxygen atoms in total. The summed E-state index contributed by atoms with van der Waals surface area (Å²) < 4.78 is 0. The van der Waals surface area contributed by atoms with Crippen molar-refractivity contribution < 1.29 is 4.79 Å². The Kier molecular flexibility index (Phi) is 3.89. The van der Waals surface area contributed by atoms with Gasteiger partial charge in [0.1, 0.15) is 0 Å². The first kappa shape index (κ1) is 14.2. The van der Waals surface area contributed by atoms with E-state index in [0.717, 1.165) is 52.1 Å². The van der Waals surface area contributed by atoms with Crippen molar-refractivity contribution in [3.63, 3.8) is 0 Å². The number of benzene rings is 1. The third kappa shape index (κ3) is 2.66. The van der Waals surface area contributed by atoms with Crippen LogP contribution >= 0.6 is 0 Å². The van der Waals surface area contributed by atoms with E-state index in [1.165, 1.54) is 17.5 Å². The lowest BCUT2D eigenvalue weighted by Gasteiger charge is -2.38. The maximum Gasteiger partial charge on any atom is 0.226 e. The summed E-state index contributed by atoms with van der Waals surface area (Å²) in [6, 6.07) is 9.20. The summed E-state index contributed by atoms with van der Waals surface area (Å²) >= 11 is 0. The molecular weight excluding hydrogens is 274 g/mol. The van der Waals surface area contributed by atoms with Crippen molar-refractivity contribution in [1.82, 2.24) is 15.1 Å². The van der Waals surface area contributed by atoms with E-state index in [4.69, 9.17) is 0 Å². The first-order valence-electron chi connectivity index (χ1n) is 8.61. The van der Waals surface area contributed by atoms with E-state index in [0.29, 0.717) is 11.9 Å². The van der Waals surface area contributed by atoms with Crippen LogP contribution in [0, 0.1) is 5.92 Å². The molecule has 0 bridgehead atoms. The van der Waals surface area contributed by atoms with Gasteiger partial charge >= 0.3 is 0 Å². The average molecular weight is 299 g/mol. The molecule has 2 fully saturated rings. The largest absolute Gasteiger partial charge is 0.340 e. The van der Waals surface area contributed by atoms with Gasteiger partial charge in [0.05, 0.1) is 0 Å². The van der Waals surface area contributed by atoms with Gasteiger partial charge in [-0.25, -0.2) is 0 Å². The van der Waals surface area contributed by atoms with Gasteiger partial charge in [-0.05, 0) is 36.9 Å². The fraction of sp³-hybridized carbons (Fsp3) is 0.611. The smallest absolute Gasteiger partial charge is 0.226 e. The summed E-state index contributed by atoms with van der Waals surface area (Å²) in [5.74, 6) is 0.553. The Bertz CT molecular complexity index is 520. The van der Waals surface area contributed by atoms with Crippen LogP contribution < -0.4 is 5.32 Å².